The zero-order chi connectivity index (χ0) is 14.1. The van der Waals surface area contributed by atoms with Crippen LogP contribution in [0.3, 0.4) is 0 Å². The smallest absolute Gasteiger partial charge is 0.242 e. The van der Waals surface area contributed by atoms with Crippen LogP contribution < -0.4 is 10.0 Å². The Kier molecular flexibility index (Phi) is 4.80. The zero-order valence-corrected chi connectivity index (χ0v) is 13.6. The van der Waals surface area contributed by atoms with E-state index in [-0.39, 0.29) is 14.6 Å². The molecule has 0 bridgehead atoms. The van der Waals surface area contributed by atoms with E-state index in [2.05, 4.69) is 17.0 Å². The van der Waals surface area contributed by atoms with E-state index in [1.165, 1.54) is 6.07 Å². The lowest BCUT2D eigenvalue weighted by molar-refractivity contribution is 0.232. The number of thiophene rings is 1. The van der Waals surface area contributed by atoms with Crippen LogP contribution in [0, 0.1) is 5.41 Å². The van der Waals surface area contributed by atoms with Gasteiger partial charge < -0.3 is 5.32 Å². The second kappa shape index (κ2) is 5.87. The van der Waals surface area contributed by atoms with Crippen LogP contribution in [0.5, 0.6) is 0 Å². The van der Waals surface area contributed by atoms with Gasteiger partial charge in [-0.2, -0.15) is 0 Å². The Morgan fingerprint density at radius 1 is 1.42 bits per heavy atom. The molecule has 2 N–H and O–H groups in total. The average molecular weight is 343 g/mol. The minimum Gasteiger partial charge on any atom is -0.317 e. The first-order valence-corrected chi connectivity index (χ1v) is 9.03. The number of piperidine rings is 1. The molecule has 0 spiro atoms. The summed E-state index contributed by atoms with van der Waals surface area (Å²) in [5.74, 6) is 0. The molecule has 2 heterocycles. The van der Waals surface area contributed by atoms with Gasteiger partial charge in [0, 0.05) is 6.54 Å². The van der Waals surface area contributed by atoms with Crippen molar-refractivity contribution in [2.75, 3.05) is 19.6 Å². The highest BCUT2D eigenvalue weighted by atomic mass is 35.5. The highest BCUT2D eigenvalue weighted by Gasteiger charge is 2.29. The van der Waals surface area contributed by atoms with Crippen LogP contribution >= 0.6 is 34.5 Å². The van der Waals surface area contributed by atoms with Crippen LogP contribution in [0.25, 0.3) is 0 Å². The highest BCUT2D eigenvalue weighted by Crippen LogP contribution is 2.34. The van der Waals surface area contributed by atoms with Gasteiger partial charge in [-0.15, -0.1) is 11.3 Å². The van der Waals surface area contributed by atoms with Crippen molar-refractivity contribution in [2.45, 2.75) is 24.7 Å². The molecule has 0 atom stereocenters. The van der Waals surface area contributed by atoms with Gasteiger partial charge in [-0.25, -0.2) is 13.1 Å². The molecule has 8 heteroatoms. The van der Waals surface area contributed by atoms with Crippen molar-refractivity contribution >= 4 is 44.6 Å². The molecule has 0 aliphatic carbocycles. The first-order valence-electron chi connectivity index (χ1n) is 5.98. The summed E-state index contributed by atoms with van der Waals surface area (Å²) in [6.45, 7) is 4.35. The molecule has 2 rings (SSSR count). The Hall–Kier alpha value is 0.150. The molecule has 19 heavy (non-hydrogen) atoms. The quantitative estimate of drug-likeness (QED) is 0.884. The lowest BCUT2D eigenvalue weighted by Gasteiger charge is -2.34. The van der Waals surface area contributed by atoms with Crippen molar-refractivity contribution in [3.8, 4) is 0 Å². The van der Waals surface area contributed by atoms with Crippen molar-refractivity contribution < 1.29 is 8.42 Å². The highest BCUT2D eigenvalue weighted by molar-refractivity contribution is 7.89. The third-order valence-corrected chi connectivity index (χ3v) is 6.57. The average Bonchev–Trinajstić information content (AvgIpc) is 2.68. The van der Waals surface area contributed by atoms with Gasteiger partial charge in [-0.1, -0.05) is 30.1 Å². The minimum absolute atomic E-state index is 0.00931. The van der Waals surface area contributed by atoms with Gasteiger partial charge >= 0.3 is 0 Å². The number of rotatable bonds is 4. The van der Waals surface area contributed by atoms with E-state index in [9.17, 15) is 8.42 Å². The molecule has 1 aliphatic heterocycles. The van der Waals surface area contributed by atoms with E-state index < -0.39 is 10.0 Å². The summed E-state index contributed by atoms with van der Waals surface area (Å²) in [4.78, 5) is 0.0710. The van der Waals surface area contributed by atoms with E-state index in [0.717, 1.165) is 37.3 Å². The SMILES string of the molecule is CC1(CNS(=O)(=O)c2cc(Cl)sc2Cl)CCNCC1. The molecule has 1 saturated heterocycles. The number of sulfonamides is 1. The fourth-order valence-electron chi connectivity index (χ4n) is 2.06. The topological polar surface area (TPSA) is 58.2 Å². The Morgan fingerprint density at radius 3 is 2.58 bits per heavy atom. The van der Waals surface area contributed by atoms with Crippen molar-refractivity contribution in [1.29, 1.82) is 0 Å². The maximum absolute atomic E-state index is 12.2. The second-order valence-electron chi connectivity index (χ2n) is 5.07. The maximum atomic E-state index is 12.2. The number of halogens is 2. The Morgan fingerprint density at radius 2 is 2.05 bits per heavy atom. The van der Waals surface area contributed by atoms with Crippen LogP contribution in [0.15, 0.2) is 11.0 Å². The largest absolute Gasteiger partial charge is 0.317 e. The lowest BCUT2D eigenvalue weighted by Crippen LogP contribution is -2.42. The fraction of sp³-hybridized carbons (Fsp3) is 0.636. The first-order chi connectivity index (χ1) is 8.82. The maximum Gasteiger partial charge on any atom is 0.242 e. The van der Waals surface area contributed by atoms with E-state index in [1.54, 1.807) is 0 Å². The Balaban J connectivity index is 2.07. The van der Waals surface area contributed by atoms with Crippen molar-refractivity contribution in [1.82, 2.24) is 10.0 Å². The fourth-order valence-corrected chi connectivity index (χ4v) is 5.41. The number of nitrogens with one attached hydrogen (secondary N) is 2. The Labute approximate surface area is 127 Å². The summed E-state index contributed by atoms with van der Waals surface area (Å²) in [7, 11) is -3.58. The van der Waals surface area contributed by atoms with Crippen molar-refractivity contribution in [3.63, 3.8) is 0 Å². The van der Waals surface area contributed by atoms with Gasteiger partial charge in [0.05, 0.1) is 4.34 Å². The molecule has 4 nitrogen and oxygen atoms in total. The van der Waals surface area contributed by atoms with Gasteiger partial charge in [0.1, 0.15) is 9.23 Å². The number of hydrogen-bond donors (Lipinski definition) is 2. The molecule has 1 aliphatic rings. The molecular formula is C11H16Cl2N2O2S2. The summed E-state index contributed by atoms with van der Waals surface area (Å²) in [5, 5.41) is 3.27. The predicted molar refractivity (Wildman–Crippen MR) is 79.7 cm³/mol. The van der Waals surface area contributed by atoms with Crippen LogP contribution in [-0.2, 0) is 10.0 Å². The van der Waals surface area contributed by atoms with Gasteiger partial charge in [0.2, 0.25) is 10.0 Å². The van der Waals surface area contributed by atoms with Crippen LogP contribution in [0.2, 0.25) is 8.67 Å². The van der Waals surface area contributed by atoms with E-state index in [1.807, 2.05) is 0 Å². The summed E-state index contributed by atoms with van der Waals surface area (Å²) in [6, 6.07) is 1.39. The van der Waals surface area contributed by atoms with Gasteiger partial charge in [0.25, 0.3) is 0 Å². The molecular weight excluding hydrogens is 327 g/mol. The molecule has 0 saturated carbocycles. The molecule has 0 unspecified atom stereocenters. The standard InChI is InChI=1S/C11H16Cl2N2O2S2/c1-11(2-4-14-5-3-11)7-15-19(16,17)8-6-9(12)18-10(8)13/h6,14-15H,2-5,7H2,1H3. The minimum atomic E-state index is -3.58. The summed E-state index contributed by atoms with van der Waals surface area (Å²) < 4.78 is 27.6. The Bertz CT molecular complexity index is 551. The van der Waals surface area contributed by atoms with E-state index in [0.29, 0.717) is 10.9 Å². The molecule has 0 radical (unpaired) electrons. The summed E-state index contributed by atoms with van der Waals surface area (Å²) >= 11 is 12.7. The number of hydrogen-bond acceptors (Lipinski definition) is 4. The molecule has 108 valence electrons. The van der Waals surface area contributed by atoms with Gasteiger partial charge in [-0.05, 0) is 37.4 Å². The molecule has 1 aromatic rings. The molecule has 0 aromatic carbocycles. The third kappa shape index (κ3) is 3.83. The monoisotopic (exact) mass is 342 g/mol. The van der Waals surface area contributed by atoms with Gasteiger partial charge in [0.15, 0.2) is 0 Å². The third-order valence-electron chi connectivity index (χ3n) is 3.41. The molecule has 0 amide bonds. The lowest BCUT2D eigenvalue weighted by atomic mass is 9.81. The van der Waals surface area contributed by atoms with E-state index in [4.69, 9.17) is 23.2 Å². The van der Waals surface area contributed by atoms with Gasteiger partial charge in [-0.3, -0.25) is 0 Å². The molecule has 1 fully saturated rings. The van der Waals surface area contributed by atoms with Crippen molar-refractivity contribution in [2.24, 2.45) is 5.41 Å². The summed E-state index contributed by atoms with van der Waals surface area (Å²) in [5.41, 5.74) is -0.00931. The molecule has 1 aromatic heterocycles. The first kappa shape index (κ1) is 15.5. The normalized spacial score (nSPS) is 19.5. The van der Waals surface area contributed by atoms with Crippen LogP contribution in [0.1, 0.15) is 19.8 Å². The van der Waals surface area contributed by atoms with Crippen molar-refractivity contribution in [3.05, 3.63) is 14.7 Å². The van der Waals surface area contributed by atoms with E-state index >= 15 is 0 Å². The van der Waals surface area contributed by atoms with Crippen LogP contribution in [0.4, 0.5) is 0 Å². The zero-order valence-electron chi connectivity index (χ0n) is 10.5. The second-order valence-corrected chi connectivity index (χ2v) is 9.09. The predicted octanol–water partition coefficient (Wildman–Crippen LogP) is 2.72. The van der Waals surface area contributed by atoms with Crippen LogP contribution in [-0.4, -0.2) is 28.1 Å². The summed E-state index contributed by atoms with van der Waals surface area (Å²) in [6.07, 6.45) is 1.90.